The van der Waals surface area contributed by atoms with Crippen LogP contribution in [0.1, 0.15) is 114 Å². The topological polar surface area (TPSA) is 9.72 Å². The molecule has 3 aliphatic heterocycles. The number of nitrogens with zero attached hydrogens (tertiary/aromatic N) is 3. The molecule has 1 aliphatic carbocycles. The Morgan fingerprint density at radius 2 is 1.10 bits per heavy atom. The molecule has 2 unspecified atom stereocenters. The van der Waals surface area contributed by atoms with Crippen LogP contribution < -0.4 is 31.1 Å². The van der Waals surface area contributed by atoms with Gasteiger partial charge in [0.25, 0.3) is 6.71 Å². The van der Waals surface area contributed by atoms with Crippen molar-refractivity contribution in [2.45, 2.75) is 124 Å². The van der Waals surface area contributed by atoms with Gasteiger partial charge >= 0.3 is 0 Å². The summed E-state index contributed by atoms with van der Waals surface area (Å²) < 4.78 is 0. The molecule has 2 atom stereocenters. The lowest BCUT2D eigenvalue weighted by molar-refractivity contribution is 0.195. The molecule has 4 aliphatic rings. The molecule has 0 aromatic heterocycles. The Kier molecular flexibility index (Phi) is 8.31. The molecule has 10 rings (SSSR count). The van der Waals surface area contributed by atoms with Crippen molar-refractivity contribution in [3.63, 3.8) is 0 Å². The molecule has 0 radical (unpaired) electrons. The fraction of sp³-hybridized carbons (Fsp3) is 0.345. The number of benzene rings is 6. The van der Waals surface area contributed by atoms with E-state index in [0.717, 1.165) is 0 Å². The third kappa shape index (κ3) is 5.61. The lowest BCUT2D eigenvalue weighted by Crippen LogP contribution is -2.64. The molecule has 3 nitrogen and oxygen atoms in total. The largest absolute Gasteiger partial charge is 0.335 e. The quantitative estimate of drug-likeness (QED) is 0.165. The van der Waals surface area contributed by atoms with Crippen molar-refractivity contribution in [2.24, 2.45) is 0 Å². The van der Waals surface area contributed by atoms with Crippen molar-refractivity contribution in [3.05, 3.63) is 149 Å². The van der Waals surface area contributed by atoms with Gasteiger partial charge in [-0.15, -0.1) is 0 Å². The maximum atomic E-state index is 2.87. The molecular formula is C55H60BN3. The van der Waals surface area contributed by atoms with E-state index in [1.54, 1.807) is 5.56 Å². The first-order valence-corrected chi connectivity index (χ1v) is 22.1. The van der Waals surface area contributed by atoms with Crippen LogP contribution in [0, 0.1) is 20.8 Å². The third-order valence-corrected chi connectivity index (χ3v) is 14.8. The number of hydrogen-bond acceptors (Lipinski definition) is 3. The summed E-state index contributed by atoms with van der Waals surface area (Å²) in [6, 6.07) is 45.2. The number of hydrogen-bond donors (Lipinski definition) is 0. The Morgan fingerprint density at radius 3 is 1.71 bits per heavy atom. The normalized spacial score (nSPS) is 20.2. The first-order valence-electron chi connectivity index (χ1n) is 22.1. The van der Waals surface area contributed by atoms with E-state index in [0.29, 0.717) is 0 Å². The minimum Gasteiger partial charge on any atom is -0.335 e. The van der Waals surface area contributed by atoms with Gasteiger partial charge in [-0.1, -0.05) is 139 Å². The first-order chi connectivity index (χ1) is 28.0. The number of aryl methyl sites for hydroxylation is 3. The van der Waals surface area contributed by atoms with Crippen LogP contribution in [0.4, 0.5) is 45.5 Å². The fourth-order valence-corrected chi connectivity index (χ4v) is 11.4. The van der Waals surface area contributed by atoms with E-state index >= 15 is 0 Å². The molecule has 298 valence electrons. The maximum absolute atomic E-state index is 2.87. The molecule has 59 heavy (non-hydrogen) atoms. The van der Waals surface area contributed by atoms with E-state index in [1.165, 1.54) is 115 Å². The smallest absolute Gasteiger partial charge is 0.252 e. The minimum absolute atomic E-state index is 0.0368. The van der Waals surface area contributed by atoms with E-state index in [-0.39, 0.29) is 28.5 Å². The Bertz CT molecular complexity index is 2590. The van der Waals surface area contributed by atoms with Gasteiger partial charge in [0.2, 0.25) is 0 Å². The van der Waals surface area contributed by atoms with Crippen LogP contribution in [0.5, 0.6) is 0 Å². The monoisotopic (exact) mass is 773 g/mol. The fourth-order valence-electron chi connectivity index (χ4n) is 11.4. The van der Waals surface area contributed by atoms with Gasteiger partial charge in [-0.2, -0.15) is 0 Å². The Morgan fingerprint density at radius 1 is 0.542 bits per heavy atom. The van der Waals surface area contributed by atoms with E-state index in [4.69, 9.17) is 0 Å². The number of fused-ring (bicyclic) bond motifs is 7. The molecule has 3 heterocycles. The average molecular weight is 774 g/mol. The molecule has 1 fully saturated rings. The second-order valence-corrected chi connectivity index (χ2v) is 20.9. The van der Waals surface area contributed by atoms with E-state index in [1.807, 2.05) is 0 Å². The Balaban J connectivity index is 1.31. The summed E-state index contributed by atoms with van der Waals surface area (Å²) in [4.78, 5) is 7.97. The molecule has 6 aromatic carbocycles. The number of anilines is 8. The molecule has 4 heteroatoms. The van der Waals surface area contributed by atoms with Crippen LogP contribution in [0.25, 0.3) is 0 Å². The van der Waals surface area contributed by atoms with Crippen LogP contribution in [0.15, 0.2) is 115 Å². The highest BCUT2D eigenvalue weighted by Gasteiger charge is 2.61. The maximum Gasteiger partial charge on any atom is 0.252 e. The van der Waals surface area contributed by atoms with Crippen molar-refractivity contribution in [1.29, 1.82) is 0 Å². The summed E-state index contributed by atoms with van der Waals surface area (Å²) >= 11 is 0. The molecule has 6 aromatic rings. The Labute approximate surface area is 354 Å². The summed E-state index contributed by atoms with van der Waals surface area (Å²) in [6.07, 6.45) is 4.90. The van der Waals surface area contributed by atoms with Gasteiger partial charge in [-0.25, -0.2) is 0 Å². The third-order valence-electron chi connectivity index (χ3n) is 14.8. The van der Waals surface area contributed by atoms with Gasteiger partial charge in [0, 0.05) is 45.2 Å². The Hall–Kier alpha value is -5.22. The SMILES string of the molecule is Cc1ccc(N2c3ccc(C)cc3B3c4cc(C)cc5c4N(c4cc(N(c6ccc(C(C)(C)C)cc6)c6ccc(C(C)(C)C)cc6)cc2c43)C2(C)CCCCC52C)cc1. The van der Waals surface area contributed by atoms with Gasteiger partial charge in [0.1, 0.15) is 0 Å². The van der Waals surface area contributed by atoms with Crippen LogP contribution >= 0.6 is 0 Å². The van der Waals surface area contributed by atoms with Crippen molar-refractivity contribution in [2.75, 3.05) is 14.7 Å². The van der Waals surface area contributed by atoms with Gasteiger partial charge < -0.3 is 14.7 Å². The molecule has 0 bridgehead atoms. The zero-order chi connectivity index (χ0) is 41.4. The van der Waals surface area contributed by atoms with Crippen LogP contribution in [0.2, 0.25) is 0 Å². The summed E-state index contributed by atoms with van der Waals surface area (Å²) in [5, 5.41) is 0. The lowest BCUT2D eigenvalue weighted by Gasteiger charge is -2.53. The van der Waals surface area contributed by atoms with E-state index in [9.17, 15) is 0 Å². The standard InChI is InChI=1S/C55H60BN3/c1-35-14-21-42(22-15-35)58-47-27-16-36(2)31-45(47)56-46-32-37(3)30-44-51(46)59(55(11)29-13-12-28-54(44,55)10)49-34-43(33-48(58)50(49)56)57(40-23-17-38(18-24-40)52(4,5)6)41-25-19-39(20-26-41)53(7,8)9/h14-27,30-34H,12-13,28-29H2,1-11H3. The van der Waals surface area contributed by atoms with Crippen molar-refractivity contribution in [3.8, 4) is 0 Å². The zero-order valence-corrected chi connectivity index (χ0v) is 37.2. The van der Waals surface area contributed by atoms with Gasteiger partial charge in [-0.3, -0.25) is 0 Å². The van der Waals surface area contributed by atoms with Crippen molar-refractivity contribution < 1.29 is 0 Å². The lowest BCUT2D eigenvalue weighted by atomic mass is 9.33. The molecule has 0 spiro atoms. The van der Waals surface area contributed by atoms with Crippen LogP contribution in [-0.4, -0.2) is 12.3 Å². The van der Waals surface area contributed by atoms with Crippen molar-refractivity contribution >= 4 is 68.6 Å². The van der Waals surface area contributed by atoms with Gasteiger partial charge in [0.05, 0.1) is 11.2 Å². The van der Waals surface area contributed by atoms with Crippen molar-refractivity contribution in [1.82, 2.24) is 0 Å². The molecule has 0 N–H and O–H groups in total. The summed E-state index contributed by atoms with van der Waals surface area (Å²) in [6.45, 7) is 25.9. The van der Waals surface area contributed by atoms with Crippen LogP contribution in [0.3, 0.4) is 0 Å². The van der Waals surface area contributed by atoms with E-state index < -0.39 is 0 Å². The first kappa shape index (κ1) is 38.0. The van der Waals surface area contributed by atoms with Crippen LogP contribution in [-0.2, 0) is 16.2 Å². The summed E-state index contributed by atoms with van der Waals surface area (Å²) in [7, 11) is 0. The molecule has 0 amide bonds. The molecular weight excluding hydrogens is 713 g/mol. The summed E-state index contributed by atoms with van der Waals surface area (Å²) in [5.74, 6) is 0. The number of rotatable bonds is 4. The average Bonchev–Trinajstić information content (AvgIpc) is 3.40. The highest BCUT2D eigenvalue weighted by molar-refractivity contribution is 7.00. The molecule has 1 saturated carbocycles. The van der Waals surface area contributed by atoms with Gasteiger partial charge in [-0.05, 0) is 139 Å². The summed E-state index contributed by atoms with van der Waals surface area (Å²) in [5.41, 5.74) is 22.6. The second kappa shape index (κ2) is 12.9. The highest BCUT2D eigenvalue weighted by Crippen LogP contribution is 2.62. The molecule has 0 saturated heterocycles. The zero-order valence-electron chi connectivity index (χ0n) is 37.2. The highest BCUT2D eigenvalue weighted by atomic mass is 15.3. The predicted octanol–water partition coefficient (Wildman–Crippen LogP) is 13.0. The van der Waals surface area contributed by atoms with Gasteiger partial charge in [0.15, 0.2) is 0 Å². The van der Waals surface area contributed by atoms with E-state index in [2.05, 4.69) is 206 Å². The predicted molar refractivity (Wildman–Crippen MR) is 255 cm³/mol. The second-order valence-electron chi connectivity index (χ2n) is 20.9. The minimum atomic E-state index is -0.0669.